The highest BCUT2D eigenvalue weighted by Gasteiger charge is 2.25. The Morgan fingerprint density at radius 1 is 0.941 bits per heavy atom. The molecule has 2 aromatic heterocycles. The zero-order chi connectivity index (χ0) is 23.8. The Balaban J connectivity index is 1.65. The first kappa shape index (κ1) is 21.6. The Bertz CT molecular complexity index is 1570. The van der Waals surface area contributed by atoms with Gasteiger partial charge in [-0.05, 0) is 55.0 Å². The fourth-order valence-electron chi connectivity index (χ4n) is 3.90. The van der Waals surface area contributed by atoms with E-state index in [0.717, 1.165) is 5.56 Å². The first-order valence-electron chi connectivity index (χ1n) is 10.6. The molecule has 0 saturated heterocycles. The third-order valence-electron chi connectivity index (χ3n) is 5.65. The van der Waals surface area contributed by atoms with Crippen LogP contribution >= 0.6 is 11.6 Å². The highest BCUT2D eigenvalue weighted by Crippen LogP contribution is 2.31. The maximum absolute atomic E-state index is 13.3. The van der Waals surface area contributed by atoms with E-state index in [-0.39, 0.29) is 29.6 Å². The van der Waals surface area contributed by atoms with Gasteiger partial charge >= 0.3 is 0 Å². The van der Waals surface area contributed by atoms with Crippen molar-refractivity contribution in [1.82, 2.24) is 19.9 Å². The van der Waals surface area contributed by atoms with E-state index in [1.54, 1.807) is 34.9 Å². The van der Waals surface area contributed by atoms with E-state index >= 15 is 0 Å². The van der Waals surface area contributed by atoms with Crippen LogP contribution in [0.3, 0.4) is 0 Å². The molecular weight excluding hydrogens is 450 g/mol. The van der Waals surface area contributed by atoms with Crippen molar-refractivity contribution in [2.75, 3.05) is 5.73 Å². The lowest BCUT2D eigenvalue weighted by molar-refractivity contribution is 0.0952. The molecule has 1 amide bonds. The van der Waals surface area contributed by atoms with Crippen molar-refractivity contribution in [3.8, 4) is 5.69 Å². The second-order valence-electron chi connectivity index (χ2n) is 7.86. The van der Waals surface area contributed by atoms with Crippen molar-refractivity contribution in [3.63, 3.8) is 0 Å². The van der Waals surface area contributed by atoms with Crippen LogP contribution in [0.25, 0.3) is 27.9 Å². The Hall–Kier alpha value is -4.23. The number of hydrogen-bond donors (Lipinski definition) is 2. The number of nitrogens with one attached hydrogen (secondary N) is 1. The van der Waals surface area contributed by atoms with Crippen LogP contribution in [0, 0.1) is 0 Å². The number of para-hydroxylation sites is 2. The molecule has 5 rings (SSSR count). The van der Waals surface area contributed by atoms with E-state index in [2.05, 4.69) is 5.32 Å². The second-order valence-corrected chi connectivity index (χ2v) is 8.26. The largest absolute Gasteiger partial charge is 0.384 e. The van der Waals surface area contributed by atoms with E-state index in [4.69, 9.17) is 27.3 Å². The second kappa shape index (κ2) is 8.61. The molecule has 0 bridgehead atoms. The number of ketones is 1. The van der Waals surface area contributed by atoms with E-state index in [0.29, 0.717) is 38.5 Å². The molecular formula is C26H20ClN5O2. The summed E-state index contributed by atoms with van der Waals surface area (Å²) in [5.41, 5.74) is 11.0. The van der Waals surface area contributed by atoms with Gasteiger partial charge in [0.1, 0.15) is 16.9 Å². The van der Waals surface area contributed by atoms with Crippen LogP contribution in [0.4, 0.5) is 5.82 Å². The number of carbonyl (C=O) groups is 2. The number of amides is 1. The van der Waals surface area contributed by atoms with Crippen molar-refractivity contribution in [2.45, 2.75) is 13.5 Å². The number of carbonyl (C=O) groups excluding carboxylic acids is 2. The molecule has 0 radical (unpaired) electrons. The summed E-state index contributed by atoms with van der Waals surface area (Å²) >= 11 is 6.24. The molecule has 0 fully saturated rings. The number of fused-ring (bicyclic) bond motifs is 2. The van der Waals surface area contributed by atoms with Crippen LogP contribution in [0.2, 0.25) is 5.02 Å². The molecule has 0 unspecified atom stereocenters. The molecule has 168 valence electrons. The number of nitrogens with two attached hydrogens (primary N) is 1. The number of Topliss-reactive ketones (excluding diaryl/α,β-unsaturated/α-hetero) is 1. The van der Waals surface area contributed by atoms with Gasteiger partial charge in [0.05, 0.1) is 11.0 Å². The minimum atomic E-state index is -0.383. The van der Waals surface area contributed by atoms with Gasteiger partial charge in [-0.2, -0.15) is 0 Å². The van der Waals surface area contributed by atoms with Crippen LogP contribution < -0.4 is 11.1 Å². The number of anilines is 1. The number of nitrogens with zero attached hydrogens (tertiary/aromatic N) is 3. The van der Waals surface area contributed by atoms with Crippen LogP contribution in [-0.4, -0.2) is 26.2 Å². The SMILES string of the molecule is CC(=O)c1ccc(-n2c(N)c(C(=O)NCc3ccccc3Cl)c3nc4ccccc4nc32)cc1. The molecule has 8 heteroatoms. The molecule has 0 aliphatic heterocycles. The quantitative estimate of drug-likeness (QED) is 0.355. The van der Waals surface area contributed by atoms with Gasteiger partial charge in [0, 0.05) is 22.8 Å². The predicted molar refractivity (Wildman–Crippen MR) is 133 cm³/mol. The highest BCUT2D eigenvalue weighted by atomic mass is 35.5. The van der Waals surface area contributed by atoms with Crippen LogP contribution in [-0.2, 0) is 6.54 Å². The number of benzene rings is 3. The monoisotopic (exact) mass is 469 g/mol. The lowest BCUT2D eigenvalue weighted by Gasteiger charge is -2.09. The molecule has 2 heterocycles. The number of hydrogen-bond acceptors (Lipinski definition) is 5. The third-order valence-corrected chi connectivity index (χ3v) is 6.02. The summed E-state index contributed by atoms with van der Waals surface area (Å²) in [7, 11) is 0. The number of nitrogen functional groups attached to an aromatic ring is 1. The average Bonchev–Trinajstić information content (AvgIpc) is 3.12. The Morgan fingerprint density at radius 3 is 2.26 bits per heavy atom. The lowest BCUT2D eigenvalue weighted by Crippen LogP contribution is -2.24. The fraction of sp³-hybridized carbons (Fsp3) is 0.0769. The van der Waals surface area contributed by atoms with Gasteiger partial charge in [-0.25, -0.2) is 9.97 Å². The van der Waals surface area contributed by atoms with Gasteiger partial charge in [-0.3, -0.25) is 14.2 Å². The molecule has 5 aromatic rings. The smallest absolute Gasteiger partial charge is 0.257 e. The van der Waals surface area contributed by atoms with Crippen molar-refractivity contribution in [2.24, 2.45) is 0 Å². The van der Waals surface area contributed by atoms with Crippen molar-refractivity contribution in [3.05, 3.63) is 94.5 Å². The van der Waals surface area contributed by atoms with Crippen molar-refractivity contribution in [1.29, 1.82) is 0 Å². The number of halogens is 1. The van der Waals surface area contributed by atoms with Crippen LogP contribution in [0.5, 0.6) is 0 Å². The summed E-state index contributed by atoms with van der Waals surface area (Å²) in [6, 6.07) is 21.7. The maximum atomic E-state index is 13.3. The van der Waals surface area contributed by atoms with Gasteiger partial charge in [-0.1, -0.05) is 41.9 Å². The maximum Gasteiger partial charge on any atom is 0.257 e. The first-order chi connectivity index (χ1) is 16.4. The Labute approximate surface area is 200 Å². The first-order valence-corrected chi connectivity index (χ1v) is 11.0. The molecule has 7 nitrogen and oxygen atoms in total. The average molecular weight is 470 g/mol. The van der Waals surface area contributed by atoms with Crippen molar-refractivity contribution < 1.29 is 9.59 Å². The molecule has 0 aliphatic rings. The summed E-state index contributed by atoms with van der Waals surface area (Å²) < 4.78 is 1.68. The summed E-state index contributed by atoms with van der Waals surface area (Å²) in [6.07, 6.45) is 0. The van der Waals surface area contributed by atoms with Crippen LogP contribution in [0.15, 0.2) is 72.8 Å². The lowest BCUT2D eigenvalue weighted by atomic mass is 10.1. The Kier molecular flexibility index (Phi) is 5.47. The molecule has 0 saturated carbocycles. The molecule has 34 heavy (non-hydrogen) atoms. The zero-order valence-electron chi connectivity index (χ0n) is 18.2. The number of aromatic nitrogens is 3. The van der Waals surface area contributed by atoms with E-state index in [1.165, 1.54) is 6.92 Å². The molecule has 0 aliphatic carbocycles. The minimum absolute atomic E-state index is 0.0395. The summed E-state index contributed by atoms with van der Waals surface area (Å²) in [5, 5.41) is 3.46. The number of rotatable bonds is 5. The summed E-state index contributed by atoms with van der Waals surface area (Å²) in [6.45, 7) is 1.74. The van der Waals surface area contributed by atoms with Gasteiger partial charge < -0.3 is 11.1 Å². The van der Waals surface area contributed by atoms with Gasteiger partial charge in [-0.15, -0.1) is 0 Å². The molecule has 3 N–H and O–H groups in total. The minimum Gasteiger partial charge on any atom is -0.384 e. The topological polar surface area (TPSA) is 103 Å². The van der Waals surface area contributed by atoms with Crippen molar-refractivity contribution >= 4 is 51.3 Å². The normalized spacial score (nSPS) is 11.1. The summed E-state index contributed by atoms with van der Waals surface area (Å²) in [4.78, 5) is 34.5. The van der Waals surface area contributed by atoms with Gasteiger partial charge in [0.2, 0.25) is 0 Å². The zero-order valence-corrected chi connectivity index (χ0v) is 19.0. The third kappa shape index (κ3) is 3.76. The summed E-state index contributed by atoms with van der Waals surface area (Å²) in [5.74, 6) is -0.217. The van der Waals surface area contributed by atoms with E-state index in [9.17, 15) is 9.59 Å². The Morgan fingerprint density at radius 2 is 1.59 bits per heavy atom. The fourth-order valence-corrected chi connectivity index (χ4v) is 4.10. The van der Waals surface area contributed by atoms with E-state index in [1.807, 2.05) is 42.5 Å². The van der Waals surface area contributed by atoms with E-state index < -0.39 is 0 Å². The predicted octanol–water partition coefficient (Wildman–Crippen LogP) is 4.94. The van der Waals surface area contributed by atoms with Gasteiger partial charge in [0.15, 0.2) is 11.4 Å². The van der Waals surface area contributed by atoms with Gasteiger partial charge in [0.25, 0.3) is 5.91 Å². The van der Waals surface area contributed by atoms with Crippen LogP contribution in [0.1, 0.15) is 33.2 Å². The molecule has 0 spiro atoms. The standard InChI is InChI=1S/C26H20ClN5O2/c1-15(33)16-10-12-18(13-11-16)32-24(28)22(26(34)29-14-17-6-2-3-7-19(17)27)23-25(32)31-21-9-5-4-8-20(21)30-23/h2-13H,14,28H2,1H3,(H,29,34). The molecule has 0 atom stereocenters. The molecule has 3 aromatic carbocycles. The highest BCUT2D eigenvalue weighted by molar-refractivity contribution is 6.31.